The van der Waals surface area contributed by atoms with Crippen LogP contribution in [0.3, 0.4) is 0 Å². The fourth-order valence-electron chi connectivity index (χ4n) is 1.31. The van der Waals surface area contributed by atoms with E-state index < -0.39 is 11.6 Å². The number of aliphatic hydroxyl groups is 1. The largest absolute Gasteiger partial charge is 0.396 e. The molecule has 0 amide bonds. The molecule has 0 fully saturated rings. The second-order valence-electron chi connectivity index (χ2n) is 3.32. The van der Waals surface area contributed by atoms with Gasteiger partial charge in [0.2, 0.25) is 0 Å². The van der Waals surface area contributed by atoms with Gasteiger partial charge in [-0.1, -0.05) is 0 Å². The fourth-order valence-corrected chi connectivity index (χ4v) is 1.31. The van der Waals surface area contributed by atoms with Crippen LogP contribution in [0.5, 0.6) is 0 Å². The summed E-state index contributed by atoms with van der Waals surface area (Å²) in [5.41, 5.74) is 0.329. The molecule has 0 heterocycles. The van der Waals surface area contributed by atoms with Gasteiger partial charge in [0.05, 0.1) is 0 Å². The van der Waals surface area contributed by atoms with E-state index in [1.807, 2.05) is 0 Å². The molecule has 0 saturated heterocycles. The minimum Gasteiger partial charge on any atom is -0.396 e. The van der Waals surface area contributed by atoms with Crippen LogP contribution in [0.2, 0.25) is 0 Å². The highest BCUT2D eigenvalue weighted by Gasteiger charge is 2.06. The first kappa shape index (κ1) is 11.8. The maximum atomic E-state index is 12.7. The van der Waals surface area contributed by atoms with Crippen LogP contribution in [0.1, 0.15) is 18.4 Å². The standard InChI is InChI=1S/C11H12F2O2/c12-9-4-8(5-10(13)7-9)6-11(15)2-1-3-14/h4-5,7,14H,1-3,6H2. The number of carbonyl (C=O) groups is 1. The Balaban J connectivity index is 2.60. The van der Waals surface area contributed by atoms with Crippen LogP contribution in [-0.2, 0) is 11.2 Å². The van der Waals surface area contributed by atoms with Crippen molar-refractivity contribution in [1.82, 2.24) is 0 Å². The Morgan fingerprint density at radius 1 is 1.20 bits per heavy atom. The van der Waals surface area contributed by atoms with Gasteiger partial charge < -0.3 is 5.11 Å². The Kier molecular flexibility index (Phi) is 4.37. The van der Waals surface area contributed by atoms with Gasteiger partial charge >= 0.3 is 0 Å². The molecule has 82 valence electrons. The third-order valence-corrected chi connectivity index (χ3v) is 1.94. The number of hydrogen-bond donors (Lipinski definition) is 1. The number of Topliss-reactive ketones (excluding diaryl/α,β-unsaturated/α-hetero) is 1. The van der Waals surface area contributed by atoms with Crippen molar-refractivity contribution in [3.05, 3.63) is 35.4 Å². The van der Waals surface area contributed by atoms with Crippen molar-refractivity contribution in [2.24, 2.45) is 0 Å². The Bertz CT molecular complexity index is 330. The minimum absolute atomic E-state index is 0.00861. The molecule has 1 N–H and O–H groups in total. The van der Waals surface area contributed by atoms with Crippen molar-refractivity contribution in [3.63, 3.8) is 0 Å². The number of ketones is 1. The zero-order valence-corrected chi connectivity index (χ0v) is 8.17. The Labute approximate surface area is 86.5 Å². The molecule has 0 atom stereocenters. The Morgan fingerprint density at radius 3 is 2.33 bits per heavy atom. The number of carbonyl (C=O) groups excluding carboxylic acids is 1. The molecule has 0 aliphatic rings. The summed E-state index contributed by atoms with van der Waals surface area (Å²) in [4.78, 5) is 11.2. The van der Waals surface area contributed by atoms with E-state index in [-0.39, 0.29) is 25.2 Å². The average Bonchev–Trinajstić information content (AvgIpc) is 2.13. The van der Waals surface area contributed by atoms with Gasteiger partial charge in [-0.05, 0) is 24.1 Å². The molecule has 0 aromatic heterocycles. The van der Waals surface area contributed by atoms with E-state index in [2.05, 4.69) is 0 Å². The van der Waals surface area contributed by atoms with E-state index in [0.29, 0.717) is 12.0 Å². The smallest absolute Gasteiger partial charge is 0.137 e. The Hall–Kier alpha value is -1.29. The van der Waals surface area contributed by atoms with Crippen LogP contribution in [0.15, 0.2) is 18.2 Å². The zero-order valence-electron chi connectivity index (χ0n) is 8.17. The summed E-state index contributed by atoms with van der Waals surface area (Å²) in [6, 6.07) is 3.04. The molecule has 0 radical (unpaired) electrons. The molecular weight excluding hydrogens is 202 g/mol. The van der Waals surface area contributed by atoms with Crippen molar-refractivity contribution < 1.29 is 18.7 Å². The molecule has 1 aromatic rings. The van der Waals surface area contributed by atoms with Gasteiger partial charge in [-0.15, -0.1) is 0 Å². The molecule has 0 saturated carbocycles. The SMILES string of the molecule is O=C(CCCO)Cc1cc(F)cc(F)c1. The van der Waals surface area contributed by atoms with Crippen LogP contribution >= 0.6 is 0 Å². The molecule has 0 bridgehead atoms. The summed E-state index contributed by atoms with van der Waals surface area (Å²) in [5.74, 6) is -1.49. The highest BCUT2D eigenvalue weighted by atomic mass is 19.1. The summed E-state index contributed by atoms with van der Waals surface area (Å²) in [6.45, 7) is -0.0523. The molecule has 1 rings (SSSR count). The van der Waals surface area contributed by atoms with E-state index in [4.69, 9.17) is 5.11 Å². The van der Waals surface area contributed by atoms with Crippen LogP contribution < -0.4 is 0 Å². The first-order chi connectivity index (χ1) is 7.11. The van der Waals surface area contributed by atoms with Gasteiger partial charge in [0.1, 0.15) is 17.4 Å². The molecule has 1 aromatic carbocycles. The third-order valence-electron chi connectivity index (χ3n) is 1.94. The van der Waals surface area contributed by atoms with Crippen molar-refractivity contribution >= 4 is 5.78 Å². The lowest BCUT2D eigenvalue weighted by Gasteiger charge is -2.01. The highest BCUT2D eigenvalue weighted by Crippen LogP contribution is 2.09. The van der Waals surface area contributed by atoms with E-state index >= 15 is 0 Å². The maximum absolute atomic E-state index is 12.7. The summed E-state index contributed by atoms with van der Waals surface area (Å²) in [6.07, 6.45) is 0.625. The lowest BCUT2D eigenvalue weighted by molar-refractivity contribution is -0.118. The van der Waals surface area contributed by atoms with Gasteiger partial charge in [0.15, 0.2) is 0 Å². The number of hydrogen-bond acceptors (Lipinski definition) is 2. The lowest BCUT2D eigenvalue weighted by atomic mass is 10.1. The van der Waals surface area contributed by atoms with E-state index in [1.165, 1.54) is 0 Å². The van der Waals surface area contributed by atoms with Gasteiger partial charge in [0, 0.05) is 25.5 Å². The maximum Gasteiger partial charge on any atom is 0.137 e. The van der Waals surface area contributed by atoms with E-state index in [1.54, 1.807) is 0 Å². The molecule has 0 spiro atoms. The quantitative estimate of drug-likeness (QED) is 0.812. The summed E-state index contributed by atoms with van der Waals surface area (Å²) in [7, 11) is 0. The predicted octanol–water partition coefficient (Wildman–Crippen LogP) is 1.85. The topological polar surface area (TPSA) is 37.3 Å². The second kappa shape index (κ2) is 5.56. The molecule has 0 aliphatic carbocycles. The fraction of sp³-hybridized carbons (Fsp3) is 0.364. The normalized spacial score (nSPS) is 10.3. The summed E-state index contributed by atoms with van der Waals surface area (Å²) in [5, 5.41) is 8.50. The van der Waals surface area contributed by atoms with Crippen molar-refractivity contribution in [3.8, 4) is 0 Å². The van der Waals surface area contributed by atoms with Gasteiger partial charge in [0.25, 0.3) is 0 Å². The van der Waals surface area contributed by atoms with Gasteiger partial charge in [-0.25, -0.2) is 8.78 Å². The molecule has 15 heavy (non-hydrogen) atoms. The average molecular weight is 214 g/mol. The van der Waals surface area contributed by atoms with E-state index in [9.17, 15) is 13.6 Å². The van der Waals surface area contributed by atoms with Gasteiger partial charge in [-0.3, -0.25) is 4.79 Å². The van der Waals surface area contributed by atoms with Crippen LogP contribution in [0.25, 0.3) is 0 Å². The number of aliphatic hydroxyl groups excluding tert-OH is 1. The predicted molar refractivity (Wildman–Crippen MR) is 51.4 cm³/mol. The Morgan fingerprint density at radius 2 is 1.80 bits per heavy atom. The molecular formula is C11H12F2O2. The highest BCUT2D eigenvalue weighted by molar-refractivity contribution is 5.80. The van der Waals surface area contributed by atoms with Crippen LogP contribution in [0.4, 0.5) is 8.78 Å². The molecule has 0 aliphatic heterocycles. The van der Waals surface area contributed by atoms with Gasteiger partial charge in [-0.2, -0.15) is 0 Å². The lowest BCUT2D eigenvalue weighted by Crippen LogP contribution is -2.04. The van der Waals surface area contributed by atoms with Crippen molar-refractivity contribution in [2.75, 3.05) is 6.61 Å². The molecule has 4 heteroatoms. The number of halogens is 2. The zero-order chi connectivity index (χ0) is 11.3. The molecule has 2 nitrogen and oxygen atoms in total. The first-order valence-electron chi connectivity index (χ1n) is 4.69. The van der Waals surface area contributed by atoms with Crippen LogP contribution in [0, 0.1) is 11.6 Å². The monoisotopic (exact) mass is 214 g/mol. The first-order valence-corrected chi connectivity index (χ1v) is 4.69. The van der Waals surface area contributed by atoms with Crippen LogP contribution in [-0.4, -0.2) is 17.5 Å². The third kappa shape index (κ3) is 4.16. The molecule has 0 unspecified atom stereocenters. The number of benzene rings is 1. The summed E-state index contributed by atoms with van der Waals surface area (Å²) >= 11 is 0. The van der Waals surface area contributed by atoms with E-state index in [0.717, 1.165) is 18.2 Å². The summed E-state index contributed by atoms with van der Waals surface area (Å²) < 4.78 is 25.5. The minimum atomic E-state index is -0.681. The second-order valence-corrected chi connectivity index (χ2v) is 3.32. The van der Waals surface area contributed by atoms with Crippen molar-refractivity contribution in [1.29, 1.82) is 0 Å². The number of rotatable bonds is 5. The van der Waals surface area contributed by atoms with Crippen molar-refractivity contribution in [2.45, 2.75) is 19.3 Å².